The molecule has 1 rings (SSSR count). The largest absolute Gasteiger partial charge is 0.355 e. The van der Waals surface area contributed by atoms with Gasteiger partial charge >= 0.3 is 0 Å². The van der Waals surface area contributed by atoms with E-state index in [2.05, 4.69) is 17.1 Å². The fourth-order valence-corrected chi connectivity index (χ4v) is 2.22. The number of carbonyl (C=O) groups is 1. The number of nitrogens with one attached hydrogen (secondary N) is 1. The molecule has 1 aliphatic rings. The van der Waals surface area contributed by atoms with Gasteiger partial charge in [-0.1, -0.05) is 20.8 Å². The molecular weight excluding hydrogens is 226 g/mol. The van der Waals surface area contributed by atoms with Crippen LogP contribution in [0, 0.1) is 11.8 Å². The Hall–Kier alpha value is -0.610. The van der Waals surface area contributed by atoms with Crippen LogP contribution in [-0.4, -0.2) is 43.0 Å². The first-order valence-electron chi connectivity index (χ1n) is 7.26. The van der Waals surface area contributed by atoms with Crippen molar-refractivity contribution >= 4 is 5.91 Å². The van der Waals surface area contributed by atoms with Crippen molar-refractivity contribution in [3.8, 4) is 0 Å². The van der Waals surface area contributed by atoms with Gasteiger partial charge in [0, 0.05) is 6.54 Å². The van der Waals surface area contributed by atoms with Gasteiger partial charge in [-0.15, -0.1) is 0 Å². The van der Waals surface area contributed by atoms with E-state index in [1.807, 2.05) is 13.8 Å². The molecule has 1 heterocycles. The summed E-state index contributed by atoms with van der Waals surface area (Å²) in [5.41, 5.74) is 5.78. The van der Waals surface area contributed by atoms with Crippen molar-refractivity contribution in [3.05, 3.63) is 0 Å². The van der Waals surface area contributed by atoms with E-state index in [1.165, 1.54) is 25.9 Å². The Bertz CT molecular complexity index is 247. The highest BCUT2D eigenvalue weighted by atomic mass is 16.2. The Morgan fingerprint density at radius 1 is 1.39 bits per heavy atom. The number of carbonyl (C=O) groups excluding carboxylic acids is 1. The molecular formula is C14H29N3O. The summed E-state index contributed by atoms with van der Waals surface area (Å²) in [7, 11) is 0. The number of hydrogen-bond acceptors (Lipinski definition) is 3. The third-order valence-electron chi connectivity index (χ3n) is 3.85. The van der Waals surface area contributed by atoms with Crippen LogP contribution in [0.4, 0.5) is 0 Å². The van der Waals surface area contributed by atoms with Crippen LogP contribution in [0.5, 0.6) is 0 Å². The van der Waals surface area contributed by atoms with E-state index < -0.39 is 0 Å². The number of nitrogens with zero attached hydrogens (tertiary/aromatic N) is 1. The smallest absolute Gasteiger partial charge is 0.237 e. The molecule has 0 saturated carbocycles. The highest BCUT2D eigenvalue weighted by Crippen LogP contribution is 2.15. The Balaban J connectivity index is 2.06. The first-order chi connectivity index (χ1) is 8.50. The lowest BCUT2D eigenvalue weighted by atomic mass is 9.99. The van der Waals surface area contributed by atoms with Crippen LogP contribution in [0.3, 0.4) is 0 Å². The van der Waals surface area contributed by atoms with Gasteiger partial charge in [0.1, 0.15) is 0 Å². The summed E-state index contributed by atoms with van der Waals surface area (Å²) in [5, 5.41) is 2.92. The molecule has 0 aromatic carbocycles. The highest BCUT2D eigenvalue weighted by Gasteiger charge is 2.17. The van der Waals surface area contributed by atoms with E-state index in [1.54, 1.807) is 0 Å². The number of amides is 1. The summed E-state index contributed by atoms with van der Waals surface area (Å²) in [5.74, 6) is 1.07. The van der Waals surface area contributed by atoms with Gasteiger partial charge in [-0.25, -0.2) is 0 Å². The van der Waals surface area contributed by atoms with Crippen LogP contribution in [-0.2, 0) is 4.79 Å². The van der Waals surface area contributed by atoms with Crippen molar-refractivity contribution < 1.29 is 4.79 Å². The highest BCUT2D eigenvalue weighted by molar-refractivity contribution is 5.81. The Morgan fingerprint density at radius 2 is 2.00 bits per heavy atom. The lowest BCUT2D eigenvalue weighted by molar-refractivity contribution is -0.123. The monoisotopic (exact) mass is 255 g/mol. The summed E-state index contributed by atoms with van der Waals surface area (Å²) >= 11 is 0. The molecule has 1 atom stereocenters. The SMILES string of the molecule is CC1CCN(CCCNC(=O)C(N)C(C)C)CC1. The van der Waals surface area contributed by atoms with Gasteiger partial charge in [0.05, 0.1) is 6.04 Å². The normalized spacial score (nSPS) is 20.1. The van der Waals surface area contributed by atoms with Gasteiger partial charge in [0.15, 0.2) is 0 Å². The molecule has 1 aliphatic heterocycles. The van der Waals surface area contributed by atoms with Crippen molar-refractivity contribution in [1.29, 1.82) is 0 Å². The fourth-order valence-electron chi connectivity index (χ4n) is 2.22. The summed E-state index contributed by atoms with van der Waals surface area (Å²) < 4.78 is 0. The molecule has 1 fully saturated rings. The summed E-state index contributed by atoms with van der Waals surface area (Å²) in [6, 6.07) is -0.374. The Kier molecular flexibility index (Phi) is 6.65. The Labute approximate surface area is 111 Å². The molecule has 1 unspecified atom stereocenters. The number of likely N-dealkylation sites (tertiary alicyclic amines) is 1. The zero-order chi connectivity index (χ0) is 13.5. The van der Waals surface area contributed by atoms with Crippen molar-refractivity contribution in [2.24, 2.45) is 17.6 Å². The molecule has 18 heavy (non-hydrogen) atoms. The third kappa shape index (κ3) is 5.36. The van der Waals surface area contributed by atoms with Crippen molar-refractivity contribution in [2.75, 3.05) is 26.2 Å². The average Bonchev–Trinajstić information content (AvgIpc) is 2.35. The minimum atomic E-state index is -0.374. The lowest BCUT2D eigenvalue weighted by Gasteiger charge is -2.30. The zero-order valence-corrected chi connectivity index (χ0v) is 12.1. The van der Waals surface area contributed by atoms with Crippen LogP contribution < -0.4 is 11.1 Å². The lowest BCUT2D eigenvalue weighted by Crippen LogP contribution is -2.44. The number of nitrogens with two attached hydrogens (primary N) is 1. The number of hydrogen-bond donors (Lipinski definition) is 2. The predicted octanol–water partition coefficient (Wildman–Crippen LogP) is 1.21. The van der Waals surface area contributed by atoms with Crippen LogP contribution >= 0.6 is 0 Å². The number of piperidine rings is 1. The van der Waals surface area contributed by atoms with E-state index in [-0.39, 0.29) is 17.9 Å². The molecule has 0 radical (unpaired) electrons. The van der Waals surface area contributed by atoms with E-state index in [9.17, 15) is 4.79 Å². The van der Waals surface area contributed by atoms with Crippen molar-refractivity contribution in [2.45, 2.75) is 46.1 Å². The van der Waals surface area contributed by atoms with Crippen LogP contribution in [0.25, 0.3) is 0 Å². The standard InChI is InChI=1S/C14H29N3O/c1-11(2)13(15)14(18)16-7-4-8-17-9-5-12(3)6-10-17/h11-13H,4-10,15H2,1-3H3,(H,16,18). The minimum absolute atomic E-state index is 0.0164. The van der Waals surface area contributed by atoms with Gasteiger partial charge in [-0.2, -0.15) is 0 Å². The number of rotatable bonds is 6. The maximum Gasteiger partial charge on any atom is 0.237 e. The van der Waals surface area contributed by atoms with E-state index in [0.717, 1.165) is 25.4 Å². The first kappa shape index (κ1) is 15.4. The summed E-state index contributed by atoms with van der Waals surface area (Å²) in [6.45, 7) is 10.5. The van der Waals surface area contributed by atoms with Gasteiger partial charge in [-0.05, 0) is 50.7 Å². The molecule has 0 aromatic rings. The van der Waals surface area contributed by atoms with Gasteiger partial charge < -0.3 is 16.0 Å². The molecule has 1 amide bonds. The van der Waals surface area contributed by atoms with Crippen LogP contribution in [0.15, 0.2) is 0 Å². The molecule has 106 valence electrons. The molecule has 0 aliphatic carbocycles. The zero-order valence-electron chi connectivity index (χ0n) is 12.1. The van der Waals surface area contributed by atoms with Crippen LogP contribution in [0.2, 0.25) is 0 Å². The molecule has 0 aromatic heterocycles. The molecule has 0 spiro atoms. The van der Waals surface area contributed by atoms with Crippen LogP contribution in [0.1, 0.15) is 40.0 Å². The molecule has 4 nitrogen and oxygen atoms in total. The molecule has 0 bridgehead atoms. The molecule has 3 N–H and O–H groups in total. The maximum atomic E-state index is 11.6. The van der Waals surface area contributed by atoms with E-state index in [4.69, 9.17) is 5.73 Å². The Morgan fingerprint density at radius 3 is 2.56 bits per heavy atom. The summed E-state index contributed by atoms with van der Waals surface area (Å²) in [4.78, 5) is 14.1. The van der Waals surface area contributed by atoms with Crippen molar-refractivity contribution in [3.63, 3.8) is 0 Å². The second-order valence-corrected chi connectivity index (χ2v) is 5.94. The average molecular weight is 255 g/mol. The molecule has 4 heteroatoms. The van der Waals surface area contributed by atoms with E-state index >= 15 is 0 Å². The fraction of sp³-hybridized carbons (Fsp3) is 0.929. The predicted molar refractivity (Wildman–Crippen MR) is 75.3 cm³/mol. The van der Waals surface area contributed by atoms with Gasteiger partial charge in [0.25, 0.3) is 0 Å². The van der Waals surface area contributed by atoms with Gasteiger partial charge in [-0.3, -0.25) is 4.79 Å². The van der Waals surface area contributed by atoms with Crippen molar-refractivity contribution in [1.82, 2.24) is 10.2 Å². The second kappa shape index (κ2) is 7.74. The topological polar surface area (TPSA) is 58.4 Å². The third-order valence-corrected chi connectivity index (χ3v) is 3.85. The van der Waals surface area contributed by atoms with E-state index in [0.29, 0.717) is 0 Å². The first-order valence-corrected chi connectivity index (χ1v) is 7.26. The quantitative estimate of drug-likeness (QED) is 0.701. The maximum absolute atomic E-state index is 11.6. The minimum Gasteiger partial charge on any atom is -0.355 e. The van der Waals surface area contributed by atoms with Gasteiger partial charge in [0.2, 0.25) is 5.91 Å². The molecule has 1 saturated heterocycles. The second-order valence-electron chi connectivity index (χ2n) is 5.94. The summed E-state index contributed by atoms with van der Waals surface area (Å²) in [6.07, 6.45) is 3.64.